The minimum Gasteiger partial charge on any atom is -0.312 e. The van der Waals surface area contributed by atoms with Crippen LogP contribution in [0.2, 0.25) is 0 Å². The predicted molar refractivity (Wildman–Crippen MR) is 76.4 cm³/mol. The fourth-order valence-electron chi connectivity index (χ4n) is 2.72. The Morgan fingerprint density at radius 2 is 2.32 bits per heavy atom. The third-order valence-corrected chi connectivity index (χ3v) is 3.81. The van der Waals surface area contributed by atoms with Gasteiger partial charge in [0.1, 0.15) is 0 Å². The van der Waals surface area contributed by atoms with Crippen LogP contribution in [-0.2, 0) is 6.54 Å². The van der Waals surface area contributed by atoms with Crippen molar-refractivity contribution < 1.29 is 0 Å². The van der Waals surface area contributed by atoms with E-state index < -0.39 is 0 Å². The zero-order chi connectivity index (χ0) is 13.2. The number of aromatic nitrogens is 2. The van der Waals surface area contributed by atoms with Gasteiger partial charge in [-0.05, 0) is 44.0 Å². The molecule has 19 heavy (non-hydrogen) atoms. The summed E-state index contributed by atoms with van der Waals surface area (Å²) in [5, 5.41) is 4.18. The van der Waals surface area contributed by atoms with Crippen LogP contribution in [0.25, 0.3) is 10.9 Å². The van der Waals surface area contributed by atoms with Gasteiger partial charge < -0.3 is 5.32 Å². The molecule has 2 heterocycles. The Hall–Kier alpha value is -1.68. The first-order chi connectivity index (χ1) is 9.24. The fraction of sp³-hybridized carbons (Fsp3) is 0.467. The zero-order valence-electron chi connectivity index (χ0n) is 11.2. The Balaban J connectivity index is 1.93. The van der Waals surface area contributed by atoms with Gasteiger partial charge >= 0.3 is 0 Å². The monoisotopic (exact) mass is 257 g/mol. The quantitative estimate of drug-likeness (QED) is 0.893. The molecule has 4 heteroatoms. The van der Waals surface area contributed by atoms with Crippen LogP contribution in [0.3, 0.4) is 0 Å². The first-order valence-corrected chi connectivity index (χ1v) is 6.93. The van der Waals surface area contributed by atoms with Gasteiger partial charge in [-0.15, -0.1) is 0 Å². The molecule has 0 amide bonds. The largest absolute Gasteiger partial charge is 0.312 e. The molecule has 0 saturated carbocycles. The number of fused-ring (bicyclic) bond motifs is 1. The molecular weight excluding hydrogens is 238 g/mol. The predicted octanol–water partition coefficient (Wildman–Crippen LogP) is 1.85. The second kappa shape index (κ2) is 5.13. The van der Waals surface area contributed by atoms with Gasteiger partial charge in [0.15, 0.2) is 0 Å². The molecule has 1 aromatic carbocycles. The van der Waals surface area contributed by atoms with Crippen molar-refractivity contribution in [3.63, 3.8) is 0 Å². The van der Waals surface area contributed by atoms with Crippen molar-refractivity contribution in [1.29, 1.82) is 0 Å². The number of piperidine rings is 1. The van der Waals surface area contributed by atoms with Crippen molar-refractivity contribution in [2.24, 2.45) is 0 Å². The van der Waals surface area contributed by atoms with Crippen LogP contribution in [-0.4, -0.2) is 22.1 Å². The lowest BCUT2D eigenvalue weighted by Gasteiger charge is -2.24. The molecule has 0 bridgehead atoms. The molecular formula is C15H19N3O. The summed E-state index contributed by atoms with van der Waals surface area (Å²) in [4.78, 5) is 16.8. The second-order valence-electron chi connectivity index (χ2n) is 5.37. The van der Waals surface area contributed by atoms with E-state index in [-0.39, 0.29) is 5.56 Å². The molecule has 100 valence electrons. The summed E-state index contributed by atoms with van der Waals surface area (Å²) in [6.07, 6.45) is 5.30. The van der Waals surface area contributed by atoms with Crippen LogP contribution in [0.4, 0.5) is 0 Å². The lowest BCUT2D eigenvalue weighted by molar-refractivity contribution is 0.359. The first-order valence-electron chi connectivity index (χ1n) is 6.93. The van der Waals surface area contributed by atoms with Crippen LogP contribution in [0.5, 0.6) is 0 Å². The van der Waals surface area contributed by atoms with E-state index in [0.717, 1.165) is 30.6 Å². The van der Waals surface area contributed by atoms with Crippen LogP contribution >= 0.6 is 0 Å². The highest BCUT2D eigenvalue weighted by molar-refractivity contribution is 5.77. The Labute approximate surface area is 112 Å². The molecule has 1 unspecified atom stereocenters. The van der Waals surface area contributed by atoms with E-state index in [1.54, 1.807) is 10.9 Å². The summed E-state index contributed by atoms with van der Waals surface area (Å²) in [5.74, 6) is 0. The summed E-state index contributed by atoms with van der Waals surface area (Å²) >= 11 is 0. The van der Waals surface area contributed by atoms with E-state index >= 15 is 0 Å². The normalized spacial score (nSPS) is 19.7. The van der Waals surface area contributed by atoms with Crippen molar-refractivity contribution in [3.05, 3.63) is 40.4 Å². The van der Waals surface area contributed by atoms with E-state index in [1.165, 1.54) is 12.8 Å². The maximum atomic E-state index is 12.4. The van der Waals surface area contributed by atoms with E-state index in [2.05, 4.69) is 10.3 Å². The average molecular weight is 257 g/mol. The average Bonchev–Trinajstić information content (AvgIpc) is 2.43. The van der Waals surface area contributed by atoms with Gasteiger partial charge in [-0.1, -0.05) is 12.5 Å². The molecule has 3 rings (SSSR count). The molecule has 4 nitrogen and oxygen atoms in total. The molecule has 1 saturated heterocycles. The summed E-state index contributed by atoms with van der Waals surface area (Å²) in [6, 6.07) is 6.20. The summed E-state index contributed by atoms with van der Waals surface area (Å²) < 4.78 is 1.74. The molecule has 1 aliphatic rings. The maximum absolute atomic E-state index is 12.4. The number of rotatable bonds is 2. The highest BCUT2D eigenvalue weighted by Gasteiger charge is 2.14. The number of aryl methyl sites for hydroxylation is 1. The van der Waals surface area contributed by atoms with Crippen molar-refractivity contribution in [2.75, 3.05) is 6.54 Å². The Morgan fingerprint density at radius 3 is 3.11 bits per heavy atom. The topological polar surface area (TPSA) is 46.9 Å². The van der Waals surface area contributed by atoms with E-state index in [1.807, 2.05) is 25.1 Å². The Morgan fingerprint density at radius 1 is 1.42 bits per heavy atom. The maximum Gasteiger partial charge on any atom is 0.261 e. The highest BCUT2D eigenvalue weighted by atomic mass is 16.1. The molecule has 1 fully saturated rings. The van der Waals surface area contributed by atoms with E-state index in [4.69, 9.17) is 0 Å². The lowest BCUT2D eigenvalue weighted by Crippen LogP contribution is -2.39. The van der Waals surface area contributed by atoms with Gasteiger partial charge in [-0.25, -0.2) is 4.98 Å². The summed E-state index contributed by atoms with van der Waals surface area (Å²) in [5.41, 5.74) is 1.99. The third-order valence-electron chi connectivity index (χ3n) is 3.81. The van der Waals surface area contributed by atoms with Gasteiger partial charge in [0.2, 0.25) is 0 Å². The molecule has 0 aliphatic carbocycles. The first kappa shape index (κ1) is 12.4. The van der Waals surface area contributed by atoms with E-state index in [9.17, 15) is 4.79 Å². The molecule has 0 spiro atoms. The van der Waals surface area contributed by atoms with Crippen LogP contribution in [0, 0.1) is 6.92 Å². The van der Waals surface area contributed by atoms with Crippen LogP contribution in [0.1, 0.15) is 24.8 Å². The lowest BCUT2D eigenvalue weighted by atomic mass is 10.1. The highest BCUT2D eigenvalue weighted by Crippen LogP contribution is 2.11. The van der Waals surface area contributed by atoms with Crippen LogP contribution < -0.4 is 10.9 Å². The van der Waals surface area contributed by atoms with Crippen molar-refractivity contribution in [2.45, 2.75) is 38.8 Å². The summed E-state index contributed by atoms with van der Waals surface area (Å²) in [6.45, 7) is 3.79. The second-order valence-corrected chi connectivity index (χ2v) is 5.37. The Kier molecular flexibility index (Phi) is 3.34. The van der Waals surface area contributed by atoms with Gasteiger partial charge in [-0.3, -0.25) is 9.36 Å². The molecule has 2 aromatic rings. The van der Waals surface area contributed by atoms with Crippen molar-refractivity contribution in [3.8, 4) is 0 Å². The van der Waals surface area contributed by atoms with Gasteiger partial charge in [-0.2, -0.15) is 0 Å². The zero-order valence-corrected chi connectivity index (χ0v) is 11.2. The fourth-order valence-corrected chi connectivity index (χ4v) is 2.72. The molecule has 1 aliphatic heterocycles. The van der Waals surface area contributed by atoms with E-state index in [0.29, 0.717) is 11.4 Å². The van der Waals surface area contributed by atoms with Gasteiger partial charge in [0, 0.05) is 12.6 Å². The third kappa shape index (κ3) is 2.54. The number of nitrogens with one attached hydrogen (secondary N) is 1. The van der Waals surface area contributed by atoms with Crippen molar-refractivity contribution in [1.82, 2.24) is 14.9 Å². The number of hydrogen-bond acceptors (Lipinski definition) is 3. The van der Waals surface area contributed by atoms with Crippen LogP contribution in [0.15, 0.2) is 29.3 Å². The molecule has 0 radical (unpaired) electrons. The Bertz CT molecular complexity index is 641. The standard InChI is InChI=1S/C15H19N3O/c1-11-5-6-13-14(8-11)17-10-18(15(13)19)9-12-4-2-3-7-16-12/h5-6,8,10,12,16H,2-4,7,9H2,1H3. The smallest absolute Gasteiger partial charge is 0.261 e. The SMILES string of the molecule is Cc1ccc2c(=O)n(CC3CCCCN3)cnc2c1. The number of nitrogens with zero attached hydrogens (tertiary/aromatic N) is 2. The molecule has 1 N–H and O–H groups in total. The summed E-state index contributed by atoms with van der Waals surface area (Å²) in [7, 11) is 0. The van der Waals surface area contributed by atoms with Crippen molar-refractivity contribution >= 4 is 10.9 Å². The van der Waals surface area contributed by atoms with Gasteiger partial charge in [0.05, 0.1) is 17.2 Å². The molecule has 1 aromatic heterocycles. The number of hydrogen-bond donors (Lipinski definition) is 1. The minimum absolute atomic E-state index is 0.0670. The van der Waals surface area contributed by atoms with Gasteiger partial charge in [0.25, 0.3) is 5.56 Å². The number of benzene rings is 1. The molecule has 1 atom stereocenters. The minimum atomic E-state index is 0.0670.